The minimum absolute atomic E-state index is 0.149. The van der Waals surface area contributed by atoms with Gasteiger partial charge in [-0.1, -0.05) is 12.1 Å². The van der Waals surface area contributed by atoms with Crippen molar-refractivity contribution in [3.05, 3.63) is 59.9 Å². The number of hydrazine groups is 1. The van der Waals surface area contributed by atoms with E-state index in [9.17, 15) is 12.8 Å². The van der Waals surface area contributed by atoms with Crippen molar-refractivity contribution < 1.29 is 17.5 Å². The summed E-state index contributed by atoms with van der Waals surface area (Å²) in [5.74, 6) is 0.804. The molecule has 2 heterocycles. The fraction of sp³-hybridized carbons (Fsp3) is 0.429. The summed E-state index contributed by atoms with van der Waals surface area (Å²) in [5.41, 5.74) is 7.95. The standard InChI is InChI=1S/C21H26FN3O3S/c1-28-18-4-2-3-16(13-18)21-14-20(23-24-21)15-9-11-25(12-10-15)29(26,27)19-7-5-17(22)6-8-19/h2-8,13,15,20-21,23-24H,9-12,14H2,1H3. The average molecular weight is 420 g/mol. The molecule has 2 aliphatic heterocycles. The molecule has 2 fully saturated rings. The summed E-state index contributed by atoms with van der Waals surface area (Å²) in [5, 5.41) is 0. The van der Waals surface area contributed by atoms with Gasteiger partial charge in [-0.25, -0.2) is 12.8 Å². The van der Waals surface area contributed by atoms with Gasteiger partial charge in [-0.15, -0.1) is 0 Å². The van der Waals surface area contributed by atoms with Gasteiger partial charge >= 0.3 is 0 Å². The zero-order valence-electron chi connectivity index (χ0n) is 16.3. The van der Waals surface area contributed by atoms with Gasteiger partial charge in [0.25, 0.3) is 0 Å². The summed E-state index contributed by atoms with van der Waals surface area (Å²) in [6.45, 7) is 0.957. The summed E-state index contributed by atoms with van der Waals surface area (Å²) in [6.07, 6.45) is 2.54. The van der Waals surface area contributed by atoms with E-state index in [-0.39, 0.29) is 10.9 Å². The average Bonchev–Trinajstić information content (AvgIpc) is 3.24. The van der Waals surface area contributed by atoms with Crippen molar-refractivity contribution in [2.45, 2.75) is 36.2 Å². The minimum atomic E-state index is -3.57. The van der Waals surface area contributed by atoms with Crippen LogP contribution in [0.25, 0.3) is 0 Å². The summed E-state index contributed by atoms with van der Waals surface area (Å²) in [4.78, 5) is 0.149. The van der Waals surface area contributed by atoms with Crippen molar-refractivity contribution >= 4 is 10.0 Å². The van der Waals surface area contributed by atoms with Gasteiger partial charge in [-0.3, -0.25) is 10.9 Å². The van der Waals surface area contributed by atoms with Gasteiger partial charge in [0.2, 0.25) is 10.0 Å². The molecular formula is C21H26FN3O3S. The first kappa shape index (κ1) is 20.3. The lowest BCUT2D eigenvalue weighted by atomic mass is 9.87. The van der Waals surface area contributed by atoms with E-state index < -0.39 is 15.8 Å². The molecule has 2 aromatic carbocycles. The molecule has 0 aromatic heterocycles. The summed E-state index contributed by atoms with van der Waals surface area (Å²) in [7, 11) is -1.91. The molecule has 2 atom stereocenters. The van der Waals surface area contributed by atoms with Gasteiger partial charge < -0.3 is 4.74 Å². The topological polar surface area (TPSA) is 70.7 Å². The second kappa shape index (κ2) is 8.39. The lowest BCUT2D eigenvalue weighted by molar-refractivity contribution is 0.230. The number of hydrogen-bond acceptors (Lipinski definition) is 5. The fourth-order valence-electron chi connectivity index (χ4n) is 4.24. The SMILES string of the molecule is COc1cccc(C2CC(C3CCN(S(=O)(=O)c4ccc(F)cc4)CC3)NN2)c1. The number of sulfonamides is 1. The Labute approximate surface area is 171 Å². The number of nitrogens with one attached hydrogen (secondary N) is 2. The maximum atomic E-state index is 13.1. The molecule has 2 aromatic rings. The first-order valence-electron chi connectivity index (χ1n) is 9.88. The van der Waals surface area contributed by atoms with Crippen molar-refractivity contribution in [1.82, 2.24) is 15.2 Å². The van der Waals surface area contributed by atoms with Gasteiger partial charge in [0.05, 0.1) is 12.0 Å². The van der Waals surface area contributed by atoms with Crippen LogP contribution in [0, 0.1) is 11.7 Å². The minimum Gasteiger partial charge on any atom is -0.497 e. The molecule has 0 aliphatic carbocycles. The highest BCUT2D eigenvalue weighted by Crippen LogP contribution is 2.33. The third-order valence-electron chi connectivity index (χ3n) is 5.95. The Morgan fingerprint density at radius 3 is 2.48 bits per heavy atom. The second-order valence-corrected chi connectivity index (χ2v) is 9.59. The number of hydrogen-bond donors (Lipinski definition) is 2. The van der Waals surface area contributed by atoms with Crippen LogP contribution in [0.4, 0.5) is 4.39 Å². The van der Waals surface area contributed by atoms with Crippen LogP contribution in [-0.2, 0) is 10.0 Å². The van der Waals surface area contributed by atoms with Crippen LogP contribution in [0.2, 0.25) is 0 Å². The van der Waals surface area contributed by atoms with Crippen molar-refractivity contribution in [3.8, 4) is 5.75 Å². The van der Waals surface area contributed by atoms with Crippen LogP contribution >= 0.6 is 0 Å². The Morgan fingerprint density at radius 2 is 1.79 bits per heavy atom. The monoisotopic (exact) mass is 419 g/mol. The number of halogens is 1. The Bertz CT molecular complexity index is 944. The third kappa shape index (κ3) is 4.30. The van der Waals surface area contributed by atoms with Gasteiger partial charge in [-0.2, -0.15) is 4.31 Å². The summed E-state index contributed by atoms with van der Waals surface area (Å²) < 4.78 is 45.5. The quantitative estimate of drug-likeness (QED) is 0.780. The molecule has 0 amide bonds. The van der Waals surface area contributed by atoms with E-state index in [1.165, 1.54) is 34.1 Å². The predicted octanol–water partition coefficient (Wildman–Crippen LogP) is 2.84. The Balaban J connectivity index is 1.36. The van der Waals surface area contributed by atoms with E-state index in [0.29, 0.717) is 25.0 Å². The molecule has 0 bridgehead atoms. The Hall–Kier alpha value is -2.00. The zero-order valence-corrected chi connectivity index (χ0v) is 17.2. The third-order valence-corrected chi connectivity index (χ3v) is 7.86. The van der Waals surface area contributed by atoms with Gasteiger partial charge in [-0.05, 0) is 67.1 Å². The number of methoxy groups -OCH3 is 1. The van der Waals surface area contributed by atoms with Gasteiger partial charge in [0.1, 0.15) is 11.6 Å². The number of benzene rings is 2. The van der Waals surface area contributed by atoms with Crippen LogP contribution in [0.3, 0.4) is 0 Å². The molecule has 2 saturated heterocycles. The van der Waals surface area contributed by atoms with Crippen molar-refractivity contribution in [2.24, 2.45) is 5.92 Å². The summed E-state index contributed by atoms with van der Waals surface area (Å²) >= 11 is 0. The maximum absolute atomic E-state index is 13.1. The highest BCUT2D eigenvalue weighted by atomic mass is 32.2. The van der Waals surface area contributed by atoms with Crippen LogP contribution in [-0.4, -0.2) is 39.0 Å². The van der Waals surface area contributed by atoms with Crippen LogP contribution < -0.4 is 15.6 Å². The second-order valence-electron chi connectivity index (χ2n) is 7.66. The Morgan fingerprint density at radius 1 is 1.07 bits per heavy atom. The number of rotatable bonds is 5. The largest absolute Gasteiger partial charge is 0.497 e. The molecule has 0 radical (unpaired) electrons. The molecule has 8 heteroatoms. The molecule has 2 unspecified atom stereocenters. The first-order valence-corrected chi connectivity index (χ1v) is 11.3. The molecule has 6 nitrogen and oxygen atoms in total. The van der Waals surface area contributed by atoms with E-state index in [2.05, 4.69) is 16.9 Å². The molecule has 2 N–H and O–H groups in total. The molecule has 0 spiro atoms. The number of ether oxygens (including phenoxy) is 1. The lowest BCUT2D eigenvalue weighted by Gasteiger charge is -2.33. The highest BCUT2D eigenvalue weighted by molar-refractivity contribution is 7.89. The molecule has 4 rings (SSSR count). The van der Waals surface area contributed by atoms with Crippen molar-refractivity contribution in [2.75, 3.05) is 20.2 Å². The van der Waals surface area contributed by atoms with E-state index in [1.807, 2.05) is 18.2 Å². The van der Waals surface area contributed by atoms with E-state index in [0.717, 1.165) is 25.0 Å². The zero-order chi connectivity index (χ0) is 20.4. The lowest BCUT2D eigenvalue weighted by Crippen LogP contribution is -2.44. The molecule has 29 heavy (non-hydrogen) atoms. The molecule has 0 saturated carbocycles. The Kier molecular flexibility index (Phi) is 5.87. The normalized spacial score (nSPS) is 23.9. The summed E-state index contributed by atoms with van der Waals surface area (Å²) in [6, 6.07) is 13.6. The molecule has 156 valence electrons. The van der Waals surface area contributed by atoms with Gasteiger partial charge in [0, 0.05) is 25.2 Å². The van der Waals surface area contributed by atoms with Crippen LogP contribution in [0.15, 0.2) is 53.4 Å². The predicted molar refractivity (Wildman–Crippen MR) is 108 cm³/mol. The van der Waals surface area contributed by atoms with Crippen molar-refractivity contribution in [1.29, 1.82) is 0 Å². The van der Waals surface area contributed by atoms with Gasteiger partial charge in [0.15, 0.2) is 0 Å². The molecular weight excluding hydrogens is 393 g/mol. The van der Waals surface area contributed by atoms with Crippen LogP contribution in [0.5, 0.6) is 5.75 Å². The van der Waals surface area contributed by atoms with E-state index >= 15 is 0 Å². The van der Waals surface area contributed by atoms with Crippen LogP contribution in [0.1, 0.15) is 30.9 Å². The fourth-order valence-corrected chi connectivity index (χ4v) is 5.71. The van der Waals surface area contributed by atoms with E-state index in [1.54, 1.807) is 7.11 Å². The number of nitrogens with zero attached hydrogens (tertiary/aromatic N) is 1. The first-order chi connectivity index (χ1) is 14.0. The molecule has 2 aliphatic rings. The van der Waals surface area contributed by atoms with E-state index in [4.69, 9.17) is 4.74 Å². The van der Waals surface area contributed by atoms with Crippen molar-refractivity contribution in [3.63, 3.8) is 0 Å². The smallest absolute Gasteiger partial charge is 0.243 e. The maximum Gasteiger partial charge on any atom is 0.243 e. The number of piperidine rings is 1. The highest BCUT2D eigenvalue weighted by Gasteiger charge is 2.36.